The lowest BCUT2D eigenvalue weighted by Crippen LogP contribution is -2.30. The molecule has 3 unspecified atom stereocenters. The van der Waals surface area contributed by atoms with Crippen molar-refractivity contribution in [2.75, 3.05) is 26.4 Å². The zero-order valence-electron chi connectivity index (χ0n) is 51.8. The Morgan fingerprint density at radius 2 is 0.650 bits per heavy atom. The van der Waals surface area contributed by atoms with Crippen LogP contribution in [0, 0.1) is 0 Å². The highest BCUT2D eigenvalue weighted by atomic mass is 31.2. The van der Waals surface area contributed by atoms with Gasteiger partial charge in [0.1, 0.15) is 12.7 Å². The van der Waals surface area contributed by atoms with Gasteiger partial charge in [0.25, 0.3) is 0 Å². The molecule has 2 N–H and O–H groups in total. The third kappa shape index (κ3) is 59.8. The molecule has 11 nitrogen and oxygen atoms in total. The lowest BCUT2D eigenvalue weighted by Gasteiger charge is -2.21. The van der Waals surface area contributed by atoms with Crippen molar-refractivity contribution >= 4 is 25.7 Å². The fourth-order valence-corrected chi connectivity index (χ4v) is 10.1. The number of carbonyl (C=O) groups excluding carboxylic acids is 3. The Hall–Kier alpha value is -2.82. The van der Waals surface area contributed by atoms with Crippen LogP contribution in [0.3, 0.4) is 0 Å². The predicted molar refractivity (Wildman–Crippen MR) is 335 cm³/mol. The van der Waals surface area contributed by atoms with Crippen LogP contribution in [0.15, 0.2) is 60.8 Å². The molecule has 0 heterocycles. The monoisotopic (exact) mass is 1150 g/mol. The Morgan fingerprint density at radius 1 is 0.362 bits per heavy atom. The van der Waals surface area contributed by atoms with E-state index in [2.05, 4.69) is 81.5 Å². The second-order valence-electron chi connectivity index (χ2n) is 22.2. The van der Waals surface area contributed by atoms with Crippen LogP contribution in [0.25, 0.3) is 0 Å². The lowest BCUT2D eigenvalue weighted by molar-refractivity contribution is -0.161. The number of allylic oxidation sites excluding steroid dienone is 10. The maximum absolute atomic E-state index is 13.0. The number of aliphatic hydroxyl groups is 1. The van der Waals surface area contributed by atoms with Crippen molar-refractivity contribution in [3.05, 3.63) is 60.8 Å². The number of phosphoric ester groups is 1. The maximum Gasteiger partial charge on any atom is 0.472 e. The molecule has 3 atom stereocenters. The summed E-state index contributed by atoms with van der Waals surface area (Å²) in [6, 6.07) is 0. The molecule has 0 radical (unpaired) electrons. The molecule has 0 saturated carbocycles. The molecular formula is C68H123O11P. The van der Waals surface area contributed by atoms with Gasteiger partial charge < -0.3 is 24.2 Å². The number of esters is 3. The average Bonchev–Trinajstić information content (AvgIpc) is 3.45. The highest BCUT2D eigenvalue weighted by molar-refractivity contribution is 7.47. The third-order valence-corrected chi connectivity index (χ3v) is 15.3. The number of hydrogen-bond acceptors (Lipinski definition) is 10. The van der Waals surface area contributed by atoms with Gasteiger partial charge in [0.2, 0.25) is 0 Å². The summed E-state index contributed by atoms with van der Waals surface area (Å²) in [7, 11) is -4.76. The molecule has 466 valence electrons. The molecule has 0 spiro atoms. The molecule has 0 rings (SSSR count). The smallest absolute Gasteiger partial charge is 0.462 e. The first-order valence-corrected chi connectivity index (χ1v) is 34.7. The van der Waals surface area contributed by atoms with Gasteiger partial charge in [-0.1, -0.05) is 255 Å². The zero-order chi connectivity index (χ0) is 58.3. The number of carbonyl (C=O) groups is 3. The Kier molecular flexibility index (Phi) is 60.0. The number of rotatable bonds is 62. The van der Waals surface area contributed by atoms with E-state index in [1.807, 2.05) is 0 Å². The van der Waals surface area contributed by atoms with Gasteiger partial charge >= 0.3 is 25.7 Å². The highest BCUT2D eigenvalue weighted by Gasteiger charge is 2.28. The second-order valence-corrected chi connectivity index (χ2v) is 23.7. The molecule has 0 aromatic rings. The number of unbranched alkanes of at least 4 members (excludes halogenated alkanes) is 35. The van der Waals surface area contributed by atoms with Gasteiger partial charge in [-0.15, -0.1) is 0 Å². The van der Waals surface area contributed by atoms with Crippen molar-refractivity contribution in [1.82, 2.24) is 0 Å². The van der Waals surface area contributed by atoms with Crippen LogP contribution in [0.5, 0.6) is 0 Å². The van der Waals surface area contributed by atoms with Gasteiger partial charge in [0.15, 0.2) is 6.10 Å². The molecule has 0 amide bonds. The van der Waals surface area contributed by atoms with Gasteiger partial charge in [-0.3, -0.25) is 23.4 Å². The molecule has 0 aliphatic heterocycles. The maximum atomic E-state index is 13.0. The van der Waals surface area contributed by atoms with Crippen LogP contribution < -0.4 is 0 Å². The molecular weight excluding hydrogens is 1020 g/mol. The molecule has 0 aliphatic rings. The molecule has 0 fully saturated rings. The van der Waals surface area contributed by atoms with Crippen LogP contribution in [-0.2, 0) is 42.2 Å². The van der Waals surface area contributed by atoms with Crippen LogP contribution in [-0.4, -0.2) is 66.5 Å². The molecule has 0 aromatic heterocycles. The molecule has 80 heavy (non-hydrogen) atoms. The summed E-state index contributed by atoms with van der Waals surface area (Å²) in [5, 5.41) is 9.86. The minimum absolute atomic E-state index is 0.156. The summed E-state index contributed by atoms with van der Waals surface area (Å²) in [5.74, 6) is -1.46. The summed E-state index contributed by atoms with van der Waals surface area (Å²) in [6.07, 6.45) is 70.2. The average molecular weight is 1150 g/mol. The zero-order valence-corrected chi connectivity index (χ0v) is 52.7. The van der Waals surface area contributed by atoms with Gasteiger partial charge in [0.05, 0.1) is 19.8 Å². The third-order valence-electron chi connectivity index (χ3n) is 14.4. The van der Waals surface area contributed by atoms with Crippen molar-refractivity contribution in [1.29, 1.82) is 0 Å². The van der Waals surface area contributed by atoms with E-state index in [0.717, 1.165) is 103 Å². The number of hydrogen-bond donors (Lipinski definition) is 2. The fraction of sp³-hybridized carbons (Fsp3) is 0.809. The van der Waals surface area contributed by atoms with Gasteiger partial charge in [0, 0.05) is 19.3 Å². The van der Waals surface area contributed by atoms with Gasteiger partial charge in [-0.25, -0.2) is 4.57 Å². The van der Waals surface area contributed by atoms with Crippen molar-refractivity contribution in [2.45, 2.75) is 328 Å². The SMILES string of the molecule is CC/C=C\C/C=C\C/C=C\CCCCCCCCCC(=O)OC(COC(=O)CCCCCCCCCCC/C=C\CCCCCCCC)COP(=O)(O)OCC(CO)OC(=O)CCCCCCCCC/C=C\CCCCCCCC. The normalized spacial score (nSPS) is 13.6. The summed E-state index contributed by atoms with van der Waals surface area (Å²) in [6.45, 7) is 4.57. The van der Waals surface area contributed by atoms with Crippen molar-refractivity contribution in [3.8, 4) is 0 Å². The van der Waals surface area contributed by atoms with E-state index in [1.54, 1.807) is 0 Å². The first-order chi connectivity index (χ1) is 39.2. The molecule has 0 aliphatic carbocycles. The van der Waals surface area contributed by atoms with Gasteiger partial charge in [-0.2, -0.15) is 0 Å². The molecule has 0 saturated heterocycles. The molecule has 0 aromatic carbocycles. The summed E-state index contributed by atoms with van der Waals surface area (Å²) in [5.41, 5.74) is 0. The summed E-state index contributed by atoms with van der Waals surface area (Å²) in [4.78, 5) is 48.8. The van der Waals surface area contributed by atoms with Crippen LogP contribution in [0.1, 0.15) is 316 Å². The van der Waals surface area contributed by atoms with E-state index < -0.39 is 57.8 Å². The number of phosphoric acid groups is 1. The van der Waals surface area contributed by atoms with E-state index >= 15 is 0 Å². The number of aliphatic hydroxyl groups excluding tert-OH is 1. The topological polar surface area (TPSA) is 155 Å². The lowest BCUT2D eigenvalue weighted by atomic mass is 10.1. The van der Waals surface area contributed by atoms with Crippen LogP contribution in [0.2, 0.25) is 0 Å². The quantitative estimate of drug-likeness (QED) is 0.0197. The van der Waals surface area contributed by atoms with E-state index in [4.69, 9.17) is 23.3 Å². The Labute approximate surface area is 491 Å². The fourth-order valence-electron chi connectivity index (χ4n) is 9.36. The van der Waals surface area contributed by atoms with E-state index in [1.165, 1.54) is 154 Å². The first kappa shape index (κ1) is 77.2. The standard InChI is InChI=1S/C68H123O11P/c1-4-7-10-13-16-19-22-25-28-31-32-35-36-39-42-45-48-51-54-57-66(70)75-61-65(79-68(72)59-56-53-50-47-44-41-38-34-30-27-24-21-18-15-12-9-6-3)63-77-80(73,74)76-62-64(60-69)78-67(71)58-55-52-49-46-43-40-37-33-29-26-23-20-17-14-11-8-5-2/h9,12,18,21,25-30,64-65,69H,4-8,10-11,13-17,19-20,22-24,31-63H2,1-3H3,(H,73,74)/b12-9-,21-18-,28-25-,29-26-,30-27-. The van der Waals surface area contributed by atoms with Crippen LogP contribution >= 0.6 is 7.82 Å². The first-order valence-electron chi connectivity index (χ1n) is 33.2. The number of ether oxygens (including phenoxy) is 3. The predicted octanol–water partition coefficient (Wildman–Crippen LogP) is 20.3. The van der Waals surface area contributed by atoms with Gasteiger partial charge in [-0.05, 0) is 103 Å². The van der Waals surface area contributed by atoms with E-state index in [-0.39, 0.29) is 25.9 Å². The minimum atomic E-state index is -4.76. The largest absolute Gasteiger partial charge is 0.472 e. The van der Waals surface area contributed by atoms with E-state index in [0.29, 0.717) is 19.3 Å². The Balaban J connectivity index is 4.68. The minimum Gasteiger partial charge on any atom is -0.462 e. The molecule has 12 heteroatoms. The summed E-state index contributed by atoms with van der Waals surface area (Å²) >= 11 is 0. The van der Waals surface area contributed by atoms with Crippen molar-refractivity contribution in [3.63, 3.8) is 0 Å². The summed E-state index contributed by atoms with van der Waals surface area (Å²) < 4.78 is 39.7. The van der Waals surface area contributed by atoms with Crippen molar-refractivity contribution < 1.29 is 52.2 Å². The Morgan fingerprint density at radius 3 is 1.01 bits per heavy atom. The second kappa shape index (κ2) is 62.2. The molecule has 0 bridgehead atoms. The van der Waals surface area contributed by atoms with E-state index in [9.17, 15) is 28.9 Å². The van der Waals surface area contributed by atoms with Crippen LogP contribution in [0.4, 0.5) is 0 Å². The van der Waals surface area contributed by atoms with Crippen molar-refractivity contribution in [2.24, 2.45) is 0 Å². The Bertz CT molecular complexity index is 1570. The highest BCUT2D eigenvalue weighted by Crippen LogP contribution is 2.43.